The Balaban J connectivity index is 1.69. The molecule has 0 aliphatic carbocycles. The van der Waals surface area contributed by atoms with Gasteiger partial charge in [0.1, 0.15) is 17.5 Å². The fourth-order valence-corrected chi connectivity index (χ4v) is 3.42. The Hall–Kier alpha value is -3.80. The molecule has 0 spiro atoms. The molecule has 0 fully saturated rings. The molecule has 3 N–H and O–H groups in total. The first-order valence-corrected chi connectivity index (χ1v) is 8.69. The highest BCUT2D eigenvalue weighted by molar-refractivity contribution is 5.95. The zero-order valence-electron chi connectivity index (χ0n) is 14.6. The Bertz CT molecular complexity index is 1360. The first kappa shape index (κ1) is 16.4. The van der Waals surface area contributed by atoms with E-state index in [0.717, 1.165) is 22.4 Å². The molecule has 0 aliphatic heterocycles. The molecule has 0 saturated heterocycles. The Morgan fingerprint density at radius 1 is 0.857 bits per heavy atom. The van der Waals surface area contributed by atoms with E-state index in [0.29, 0.717) is 22.5 Å². The van der Waals surface area contributed by atoms with Crippen molar-refractivity contribution in [1.29, 1.82) is 0 Å². The standard InChI is InChI=1S/C22H14F2N4/c23-15-8-16-17(11-26-21(16)18(24)9-15)22-27-19(10-20(25)28-22)14-6-5-12-3-1-2-4-13(12)7-14/h1-11,26H,(H2,25,27,28). The molecule has 2 heterocycles. The topological polar surface area (TPSA) is 67.6 Å². The summed E-state index contributed by atoms with van der Waals surface area (Å²) in [6, 6.07) is 17.8. The van der Waals surface area contributed by atoms with Crippen LogP contribution in [0.1, 0.15) is 0 Å². The lowest BCUT2D eigenvalue weighted by Crippen LogP contribution is -1.98. The van der Waals surface area contributed by atoms with Crippen LogP contribution in [0, 0.1) is 11.6 Å². The molecule has 0 amide bonds. The summed E-state index contributed by atoms with van der Waals surface area (Å²) >= 11 is 0. The van der Waals surface area contributed by atoms with Crippen LogP contribution in [0.4, 0.5) is 14.6 Å². The third-order valence-electron chi connectivity index (χ3n) is 4.74. The number of nitrogens with one attached hydrogen (secondary N) is 1. The highest BCUT2D eigenvalue weighted by Gasteiger charge is 2.15. The summed E-state index contributed by atoms with van der Waals surface area (Å²) in [6.07, 6.45) is 1.56. The number of H-pyrrole nitrogens is 1. The van der Waals surface area contributed by atoms with Crippen molar-refractivity contribution in [3.05, 3.63) is 78.5 Å². The van der Waals surface area contributed by atoms with E-state index in [4.69, 9.17) is 5.73 Å². The summed E-state index contributed by atoms with van der Waals surface area (Å²) in [4.78, 5) is 11.7. The Kier molecular flexibility index (Phi) is 3.58. The van der Waals surface area contributed by atoms with Gasteiger partial charge in [-0.05, 0) is 22.9 Å². The minimum Gasteiger partial charge on any atom is -0.384 e. The number of nitrogens with zero attached hydrogens (tertiary/aromatic N) is 2. The van der Waals surface area contributed by atoms with Crippen molar-refractivity contribution in [2.75, 3.05) is 5.73 Å². The first-order valence-electron chi connectivity index (χ1n) is 8.69. The molecule has 0 unspecified atom stereocenters. The minimum atomic E-state index is -0.667. The van der Waals surface area contributed by atoms with E-state index in [9.17, 15) is 8.78 Å². The van der Waals surface area contributed by atoms with Crippen molar-refractivity contribution < 1.29 is 8.78 Å². The van der Waals surface area contributed by atoms with Crippen LogP contribution in [0.2, 0.25) is 0 Å². The van der Waals surface area contributed by atoms with Crippen molar-refractivity contribution >= 4 is 27.5 Å². The van der Waals surface area contributed by atoms with E-state index >= 15 is 0 Å². The van der Waals surface area contributed by atoms with Crippen LogP contribution in [-0.2, 0) is 0 Å². The summed E-state index contributed by atoms with van der Waals surface area (Å²) in [5, 5.41) is 2.57. The van der Waals surface area contributed by atoms with Gasteiger partial charge < -0.3 is 10.7 Å². The Labute approximate surface area is 158 Å². The average molecular weight is 372 g/mol. The maximum Gasteiger partial charge on any atom is 0.164 e. The lowest BCUT2D eigenvalue weighted by molar-refractivity contribution is 0.591. The van der Waals surface area contributed by atoms with Gasteiger partial charge in [-0.1, -0.05) is 36.4 Å². The van der Waals surface area contributed by atoms with Crippen molar-refractivity contribution in [3.63, 3.8) is 0 Å². The monoisotopic (exact) mass is 372 g/mol. The molecule has 0 radical (unpaired) electrons. The van der Waals surface area contributed by atoms with Gasteiger partial charge in [-0.2, -0.15) is 0 Å². The number of hydrogen-bond donors (Lipinski definition) is 2. The predicted molar refractivity (Wildman–Crippen MR) is 107 cm³/mol. The third-order valence-corrected chi connectivity index (χ3v) is 4.74. The number of aromatic amines is 1. The quantitative estimate of drug-likeness (QED) is 0.441. The van der Waals surface area contributed by atoms with Crippen molar-refractivity contribution in [3.8, 4) is 22.6 Å². The highest BCUT2D eigenvalue weighted by atomic mass is 19.1. The predicted octanol–water partition coefficient (Wildman–Crippen LogP) is 5.31. The van der Waals surface area contributed by atoms with E-state index in [1.54, 1.807) is 12.3 Å². The lowest BCUT2D eigenvalue weighted by atomic mass is 10.0. The summed E-state index contributed by atoms with van der Waals surface area (Å²) < 4.78 is 27.7. The van der Waals surface area contributed by atoms with Gasteiger partial charge in [0.25, 0.3) is 0 Å². The number of fused-ring (bicyclic) bond motifs is 2. The van der Waals surface area contributed by atoms with Crippen LogP contribution in [0.25, 0.3) is 44.3 Å². The molecule has 0 aliphatic rings. The van der Waals surface area contributed by atoms with E-state index in [1.807, 2.05) is 42.5 Å². The molecule has 28 heavy (non-hydrogen) atoms. The van der Waals surface area contributed by atoms with E-state index < -0.39 is 11.6 Å². The first-order chi connectivity index (χ1) is 13.6. The largest absolute Gasteiger partial charge is 0.384 e. The maximum absolute atomic E-state index is 14.0. The van der Waals surface area contributed by atoms with Gasteiger partial charge in [0, 0.05) is 34.8 Å². The van der Waals surface area contributed by atoms with Crippen LogP contribution in [0.5, 0.6) is 0 Å². The van der Waals surface area contributed by atoms with E-state index in [-0.39, 0.29) is 11.3 Å². The van der Waals surface area contributed by atoms with Crippen molar-refractivity contribution in [2.24, 2.45) is 0 Å². The third kappa shape index (κ3) is 2.66. The van der Waals surface area contributed by atoms with Crippen molar-refractivity contribution in [2.45, 2.75) is 0 Å². The van der Waals surface area contributed by atoms with Crippen LogP contribution < -0.4 is 5.73 Å². The van der Waals surface area contributed by atoms with Crippen LogP contribution in [0.3, 0.4) is 0 Å². The zero-order chi connectivity index (χ0) is 19.3. The smallest absolute Gasteiger partial charge is 0.164 e. The maximum atomic E-state index is 14.0. The minimum absolute atomic E-state index is 0.203. The zero-order valence-corrected chi connectivity index (χ0v) is 14.6. The Morgan fingerprint density at radius 2 is 1.68 bits per heavy atom. The van der Waals surface area contributed by atoms with Gasteiger partial charge in [0.2, 0.25) is 0 Å². The van der Waals surface area contributed by atoms with Gasteiger partial charge >= 0.3 is 0 Å². The molecular formula is C22H14F2N4. The fraction of sp³-hybridized carbons (Fsp3) is 0. The van der Waals surface area contributed by atoms with E-state index in [2.05, 4.69) is 15.0 Å². The number of nitrogens with two attached hydrogens (primary N) is 1. The number of nitrogen functional groups attached to an aromatic ring is 1. The molecular weight excluding hydrogens is 358 g/mol. The van der Waals surface area contributed by atoms with Gasteiger partial charge in [0.05, 0.1) is 11.2 Å². The highest BCUT2D eigenvalue weighted by Crippen LogP contribution is 2.31. The molecule has 3 aromatic carbocycles. The SMILES string of the molecule is Nc1cc(-c2ccc3ccccc3c2)nc(-c2c[nH]c3c(F)cc(F)cc23)n1. The van der Waals surface area contributed by atoms with E-state index in [1.165, 1.54) is 6.07 Å². The summed E-state index contributed by atoms with van der Waals surface area (Å²) in [5.74, 6) is -0.747. The second-order valence-electron chi connectivity index (χ2n) is 6.58. The summed E-state index contributed by atoms with van der Waals surface area (Å²) in [6.45, 7) is 0. The number of rotatable bonds is 2. The number of benzene rings is 3. The number of anilines is 1. The molecule has 5 aromatic rings. The second-order valence-corrected chi connectivity index (χ2v) is 6.58. The van der Waals surface area contributed by atoms with Crippen LogP contribution in [-0.4, -0.2) is 15.0 Å². The molecule has 0 atom stereocenters. The molecule has 4 nitrogen and oxygen atoms in total. The average Bonchev–Trinajstić information content (AvgIpc) is 3.11. The summed E-state index contributed by atoms with van der Waals surface area (Å²) in [7, 11) is 0. The van der Waals surface area contributed by atoms with Crippen LogP contribution >= 0.6 is 0 Å². The van der Waals surface area contributed by atoms with Crippen LogP contribution in [0.15, 0.2) is 66.9 Å². The second kappa shape index (κ2) is 6.13. The molecule has 0 bridgehead atoms. The van der Waals surface area contributed by atoms with Crippen molar-refractivity contribution in [1.82, 2.24) is 15.0 Å². The molecule has 2 aromatic heterocycles. The number of aromatic nitrogens is 3. The van der Waals surface area contributed by atoms with Gasteiger partial charge in [0.15, 0.2) is 5.82 Å². The van der Waals surface area contributed by atoms with Gasteiger partial charge in [-0.15, -0.1) is 0 Å². The van der Waals surface area contributed by atoms with Gasteiger partial charge in [-0.25, -0.2) is 18.7 Å². The molecule has 5 rings (SSSR count). The lowest BCUT2D eigenvalue weighted by Gasteiger charge is -2.07. The normalized spacial score (nSPS) is 11.4. The fourth-order valence-electron chi connectivity index (χ4n) is 3.42. The molecule has 6 heteroatoms. The summed E-state index contributed by atoms with van der Waals surface area (Å²) in [5.41, 5.74) is 8.22. The van der Waals surface area contributed by atoms with Gasteiger partial charge in [-0.3, -0.25) is 0 Å². The molecule has 136 valence electrons. The molecule has 0 saturated carbocycles. The number of halogens is 2. The number of hydrogen-bond acceptors (Lipinski definition) is 3. The Morgan fingerprint density at radius 3 is 2.54 bits per heavy atom.